The second kappa shape index (κ2) is 5.77. The maximum absolute atomic E-state index is 13.8. The molecule has 0 bridgehead atoms. The molecule has 104 valence electrons. The first kappa shape index (κ1) is 15.8. The lowest BCUT2D eigenvalue weighted by molar-refractivity contribution is -0.121. The molecule has 0 aromatic heterocycles. The highest BCUT2D eigenvalue weighted by Crippen LogP contribution is 2.32. The highest BCUT2D eigenvalue weighted by molar-refractivity contribution is 7.82. The Morgan fingerprint density at radius 2 is 1.95 bits per heavy atom. The molecule has 1 aromatic rings. The number of nitroso groups, excluding NO2 is 1. The van der Waals surface area contributed by atoms with Gasteiger partial charge in [-0.2, -0.15) is 12.6 Å². The zero-order valence-electron chi connectivity index (χ0n) is 10.9. The van der Waals surface area contributed by atoms with Crippen molar-refractivity contribution in [3.05, 3.63) is 39.8 Å². The molecule has 0 fully saturated rings. The fourth-order valence-corrected chi connectivity index (χ4v) is 1.93. The Bertz CT molecular complexity index is 520. The normalized spacial score (nSPS) is 14.3. The van der Waals surface area contributed by atoms with Crippen LogP contribution in [0.4, 0.5) is 8.78 Å². The van der Waals surface area contributed by atoms with Crippen molar-refractivity contribution in [2.24, 2.45) is 11.1 Å². The van der Waals surface area contributed by atoms with E-state index in [-0.39, 0.29) is 23.5 Å². The molecule has 0 aliphatic heterocycles. The lowest BCUT2D eigenvalue weighted by Gasteiger charge is -2.28. The molecule has 1 aromatic carbocycles. The van der Waals surface area contributed by atoms with Crippen LogP contribution in [0.1, 0.15) is 25.0 Å². The molecule has 0 N–H and O–H groups in total. The zero-order valence-corrected chi connectivity index (χ0v) is 11.8. The second-order valence-electron chi connectivity index (χ2n) is 4.82. The van der Waals surface area contributed by atoms with Crippen molar-refractivity contribution >= 4 is 18.5 Å². The van der Waals surface area contributed by atoms with E-state index in [1.807, 2.05) is 0 Å². The predicted molar refractivity (Wildman–Crippen MR) is 72.2 cm³/mol. The van der Waals surface area contributed by atoms with Gasteiger partial charge < -0.3 is 0 Å². The van der Waals surface area contributed by atoms with Crippen molar-refractivity contribution in [3.63, 3.8) is 0 Å². The predicted octanol–water partition coefficient (Wildman–Crippen LogP) is 3.43. The summed E-state index contributed by atoms with van der Waals surface area (Å²) in [5.74, 6) is -3.31. The largest absolute Gasteiger partial charge is 0.302 e. The number of nitrogens with zero attached hydrogens (tertiary/aromatic N) is 1. The summed E-state index contributed by atoms with van der Waals surface area (Å²) in [6, 6.07) is 2.81. The Balaban J connectivity index is 3.22. The van der Waals surface area contributed by atoms with Crippen molar-refractivity contribution in [2.75, 3.05) is 0 Å². The van der Waals surface area contributed by atoms with Gasteiger partial charge in [0.05, 0.1) is 0 Å². The fourth-order valence-electron chi connectivity index (χ4n) is 1.72. The number of benzene rings is 1. The van der Waals surface area contributed by atoms with Crippen molar-refractivity contribution in [3.8, 4) is 0 Å². The number of halogens is 2. The number of aryl methyl sites for hydroxylation is 1. The van der Waals surface area contributed by atoms with Gasteiger partial charge in [0.25, 0.3) is 0 Å². The van der Waals surface area contributed by atoms with Crippen LogP contribution in [0.2, 0.25) is 0 Å². The summed E-state index contributed by atoms with van der Waals surface area (Å²) in [6.45, 7) is 4.77. The number of hydrogen-bond donors (Lipinski definition) is 1. The number of thiol groups is 1. The van der Waals surface area contributed by atoms with Crippen LogP contribution in [0.15, 0.2) is 17.3 Å². The van der Waals surface area contributed by atoms with E-state index in [4.69, 9.17) is 0 Å². The van der Waals surface area contributed by atoms with E-state index in [9.17, 15) is 18.5 Å². The first-order valence-corrected chi connectivity index (χ1v) is 6.22. The molecular formula is C13H15F2NO2S. The van der Waals surface area contributed by atoms with Crippen LogP contribution in [-0.4, -0.2) is 10.7 Å². The van der Waals surface area contributed by atoms with E-state index in [2.05, 4.69) is 17.8 Å². The van der Waals surface area contributed by atoms with E-state index in [0.717, 1.165) is 0 Å². The molecule has 0 radical (unpaired) electrons. The molecule has 1 atom stereocenters. The molecule has 1 rings (SSSR count). The van der Waals surface area contributed by atoms with Crippen molar-refractivity contribution in [2.45, 2.75) is 31.9 Å². The highest BCUT2D eigenvalue weighted by Gasteiger charge is 2.40. The van der Waals surface area contributed by atoms with Crippen molar-refractivity contribution in [1.82, 2.24) is 0 Å². The summed E-state index contributed by atoms with van der Waals surface area (Å²) in [4.78, 5) is 22.0. The third kappa shape index (κ3) is 3.00. The second-order valence-corrected chi connectivity index (χ2v) is 5.62. The average molecular weight is 287 g/mol. The molecule has 3 nitrogen and oxygen atoms in total. The first-order chi connectivity index (χ1) is 8.74. The quantitative estimate of drug-likeness (QED) is 0.681. The van der Waals surface area contributed by atoms with Crippen LogP contribution in [0.5, 0.6) is 0 Å². The number of amides is 1. The number of carbonyl (C=O) groups is 1. The molecule has 0 saturated carbocycles. The SMILES string of the molecule is Cc1ccc(CC(S)(C(=O)N=O)C(C)C)c(F)c1F. The smallest absolute Gasteiger partial charge is 0.267 e. The number of hydrogen-bond acceptors (Lipinski definition) is 3. The van der Waals surface area contributed by atoms with Crippen molar-refractivity contribution in [1.29, 1.82) is 0 Å². The third-order valence-electron chi connectivity index (χ3n) is 3.22. The average Bonchev–Trinajstić information content (AvgIpc) is 2.38. The molecule has 0 aliphatic rings. The van der Waals surface area contributed by atoms with Gasteiger partial charge in [-0.1, -0.05) is 26.0 Å². The highest BCUT2D eigenvalue weighted by atomic mass is 32.1. The van der Waals surface area contributed by atoms with E-state index in [1.54, 1.807) is 13.8 Å². The summed E-state index contributed by atoms with van der Waals surface area (Å²) in [7, 11) is 0. The van der Waals surface area contributed by atoms with E-state index in [1.165, 1.54) is 19.1 Å². The van der Waals surface area contributed by atoms with E-state index >= 15 is 0 Å². The lowest BCUT2D eigenvalue weighted by atomic mass is 9.87. The van der Waals surface area contributed by atoms with E-state index in [0.29, 0.717) is 0 Å². The molecule has 19 heavy (non-hydrogen) atoms. The maximum atomic E-state index is 13.8. The molecule has 0 aliphatic carbocycles. The van der Waals surface area contributed by atoms with Gasteiger partial charge in [-0.25, -0.2) is 8.78 Å². The molecule has 0 spiro atoms. The monoisotopic (exact) mass is 287 g/mol. The Kier molecular flexibility index (Phi) is 4.79. The Labute approximate surface area is 115 Å². The van der Waals surface area contributed by atoms with Gasteiger partial charge in [0.2, 0.25) is 0 Å². The van der Waals surface area contributed by atoms with Crippen LogP contribution < -0.4 is 0 Å². The van der Waals surface area contributed by atoms with Crippen LogP contribution in [0.3, 0.4) is 0 Å². The molecule has 6 heteroatoms. The Hall–Kier alpha value is -1.30. The van der Waals surface area contributed by atoms with Gasteiger partial charge in [0, 0.05) is 5.18 Å². The summed E-state index contributed by atoms with van der Waals surface area (Å²) in [6.07, 6.45) is -0.193. The minimum Gasteiger partial charge on any atom is -0.267 e. The molecule has 0 saturated heterocycles. The summed E-state index contributed by atoms with van der Waals surface area (Å²) in [5, 5.41) is 2.37. The first-order valence-electron chi connectivity index (χ1n) is 5.77. The number of carbonyl (C=O) groups excluding carboxylic acids is 1. The minimum absolute atomic E-state index is 0.00352. The standard InChI is InChI=1S/C13H15F2NO2S/c1-7(2)13(19,12(17)16-18)6-9-5-4-8(3)10(14)11(9)15/h4-5,7,19H,6H2,1-3H3. The topological polar surface area (TPSA) is 46.5 Å². The van der Waals surface area contributed by atoms with Gasteiger partial charge in [-0.15, -0.1) is 4.91 Å². The molecular weight excluding hydrogens is 272 g/mol. The molecule has 1 amide bonds. The maximum Gasteiger partial charge on any atom is 0.302 e. The lowest BCUT2D eigenvalue weighted by Crippen LogP contribution is -2.39. The zero-order chi connectivity index (χ0) is 14.8. The molecule has 0 heterocycles. The van der Waals surface area contributed by atoms with Gasteiger partial charge >= 0.3 is 5.91 Å². The molecule has 1 unspecified atom stereocenters. The van der Waals surface area contributed by atoms with Crippen LogP contribution in [-0.2, 0) is 11.2 Å². The summed E-state index contributed by atoms with van der Waals surface area (Å²) in [5.41, 5.74) is 0.180. The van der Waals surface area contributed by atoms with Gasteiger partial charge in [-0.05, 0) is 30.4 Å². The van der Waals surface area contributed by atoms with Crippen LogP contribution in [0, 0.1) is 29.4 Å². The van der Waals surface area contributed by atoms with E-state index < -0.39 is 22.3 Å². The van der Waals surface area contributed by atoms with Crippen LogP contribution >= 0.6 is 12.6 Å². The van der Waals surface area contributed by atoms with Gasteiger partial charge in [-0.3, -0.25) is 4.79 Å². The van der Waals surface area contributed by atoms with Crippen molar-refractivity contribution < 1.29 is 13.6 Å². The third-order valence-corrected chi connectivity index (χ3v) is 4.09. The van der Waals surface area contributed by atoms with Gasteiger partial charge in [0.1, 0.15) is 4.75 Å². The summed E-state index contributed by atoms with van der Waals surface area (Å²) >= 11 is 4.17. The Morgan fingerprint density at radius 1 is 1.37 bits per heavy atom. The number of rotatable bonds is 4. The summed E-state index contributed by atoms with van der Waals surface area (Å²) < 4.78 is 25.8. The van der Waals surface area contributed by atoms with Gasteiger partial charge in [0.15, 0.2) is 11.6 Å². The fraction of sp³-hybridized carbons (Fsp3) is 0.462. The van der Waals surface area contributed by atoms with Crippen LogP contribution in [0.25, 0.3) is 0 Å². The Morgan fingerprint density at radius 3 is 2.42 bits per heavy atom. The minimum atomic E-state index is -1.44.